The van der Waals surface area contributed by atoms with Crippen molar-refractivity contribution in [1.82, 2.24) is 0 Å². The molecule has 2 rings (SSSR count). The molecule has 1 aromatic carbocycles. The number of anilines is 1. The molecule has 0 spiro atoms. The van der Waals surface area contributed by atoms with Gasteiger partial charge in [-0.05, 0) is 31.2 Å². The number of hydrogen-bond donors (Lipinski definition) is 0. The van der Waals surface area contributed by atoms with Gasteiger partial charge in [-0.1, -0.05) is 0 Å². The SMILES string of the molecule is CCOC(=O)c1ccc(N2CC[C@H](OC(C)=O)C2)cc1. The zero-order valence-corrected chi connectivity index (χ0v) is 11.8. The van der Waals surface area contributed by atoms with E-state index in [9.17, 15) is 9.59 Å². The van der Waals surface area contributed by atoms with Crippen LogP contribution in [0.1, 0.15) is 30.6 Å². The molecule has 0 unspecified atom stereocenters. The maximum atomic E-state index is 11.6. The summed E-state index contributed by atoms with van der Waals surface area (Å²) in [6, 6.07) is 7.30. The number of carbonyl (C=O) groups excluding carboxylic acids is 2. The molecule has 1 heterocycles. The van der Waals surface area contributed by atoms with Crippen LogP contribution in [0.5, 0.6) is 0 Å². The average molecular weight is 277 g/mol. The summed E-state index contributed by atoms with van der Waals surface area (Å²) in [7, 11) is 0. The van der Waals surface area contributed by atoms with E-state index in [-0.39, 0.29) is 18.0 Å². The normalized spacial score (nSPS) is 17.9. The second-order valence-electron chi connectivity index (χ2n) is 4.73. The zero-order chi connectivity index (χ0) is 14.5. The molecule has 0 N–H and O–H groups in total. The molecule has 1 aliphatic rings. The highest BCUT2D eigenvalue weighted by molar-refractivity contribution is 5.89. The summed E-state index contributed by atoms with van der Waals surface area (Å²) in [4.78, 5) is 24.6. The van der Waals surface area contributed by atoms with Crippen LogP contribution in [0.25, 0.3) is 0 Å². The van der Waals surface area contributed by atoms with Gasteiger partial charge in [-0.25, -0.2) is 4.79 Å². The van der Waals surface area contributed by atoms with Gasteiger partial charge in [-0.15, -0.1) is 0 Å². The highest BCUT2D eigenvalue weighted by Gasteiger charge is 2.24. The number of benzene rings is 1. The number of hydrogen-bond acceptors (Lipinski definition) is 5. The molecule has 0 saturated carbocycles. The zero-order valence-electron chi connectivity index (χ0n) is 11.8. The monoisotopic (exact) mass is 277 g/mol. The summed E-state index contributed by atoms with van der Waals surface area (Å²) in [5, 5.41) is 0. The van der Waals surface area contributed by atoms with Gasteiger partial charge in [-0.3, -0.25) is 4.79 Å². The van der Waals surface area contributed by atoms with E-state index in [1.807, 2.05) is 12.1 Å². The van der Waals surface area contributed by atoms with Crippen LogP contribution in [-0.4, -0.2) is 37.7 Å². The lowest BCUT2D eigenvalue weighted by molar-refractivity contribution is -0.145. The molecule has 5 nitrogen and oxygen atoms in total. The van der Waals surface area contributed by atoms with Crippen LogP contribution in [0.2, 0.25) is 0 Å². The van der Waals surface area contributed by atoms with Gasteiger partial charge in [0.25, 0.3) is 0 Å². The molecule has 0 amide bonds. The standard InChI is InChI=1S/C15H19NO4/c1-3-19-15(18)12-4-6-13(7-5-12)16-9-8-14(10-16)20-11(2)17/h4-7,14H,3,8-10H2,1-2H3/t14-/m0/s1. The third kappa shape index (κ3) is 3.50. The summed E-state index contributed by atoms with van der Waals surface area (Å²) >= 11 is 0. The van der Waals surface area contributed by atoms with E-state index in [1.165, 1.54) is 6.92 Å². The topological polar surface area (TPSA) is 55.8 Å². The van der Waals surface area contributed by atoms with Gasteiger partial charge in [0.2, 0.25) is 0 Å². The quantitative estimate of drug-likeness (QED) is 0.788. The van der Waals surface area contributed by atoms with Crippen LogP contribution in [0, 0.1) is 0 Å². The minimum Gasteiger partial charge on any atom is -0.462 e. The van der Waals surface area contributed by atoms with Gasteiger partial charge in [0.1, 0.15) is 6.10 Å². The molecule has 1 saturated heterocycles. The Balaban J connectivity index is 1.97. The summed E-state index contributed by atoms with van der Waals surface area (Å²) in [6.45, 7) is 5.12. The van der Waals surface area contributed by atoms with Crippen molar-refractivity contribution in [1.29, 1.82) is 0 Å². The molecule has 5 heteroatoms. The molecule has 0 bridgehead atoms. The van der Waals surface area contributed by atoms with Gasteiger partial charge in [-0.2, -0.15) is 0 Å². The van der Waals surface area contributed by atoms with Crippen molar-refractivity contribution in [2.75, 3.05) is 24.6 Å². The van der Waals surface area contributed by atoms with Crippen molar-refractivity contribution in [3.05, 3.63) is 29.8 Å². The number of esters is 2. The fraction of sp³-hybridized carbons (Fsp3) is 0.467. The summed E-state index contributed by atoms with van der Waals surface area (Å²) in [5.74, 6) is -0.548. The first-order chi connectivity index (χ1) is 9.60. The summed E-state index contributed by atoms with van der Waals surface area (Å²) in [6.07, 6.45) is 0.788. The van der Waals surface area contributed by atoms with Gasteiger partial charge in [0.15, 0.2) is 0 Å². The third-order valence-electron chi connectivity index (χ3n) is 3.22. The third-order valence-corrected chi connectivity index (χ3v) is 3.22. The highest BCUT2D eigenvalue weighted by Crippen LogP contribution is 2.22. The van der Waals surface area contributed by atoms with Crippen molar-refractivity contribution >= 4 is 17.6 Å². The largest absolute Gasteiger partial charge is 0.462 e. The Labute approximate surface area is 118 Å². The molecule has 0 radical (unpaired) electrons. The van der Waals surface area contributed by atoms with Crippen molar-refractivity contribution in [3.63, 3.8) is 0 Å². The Morgan fingerprint density at radius 3 is 2.60 bits per heavy atom. The molecule has 1 fully saturated rings. The molecule has 0 aromatic heterocycles. The Morgan fingerprint density at radius 2 is 2.00 bits per heavy atom. The minimum atomic E-state index is -0.307. The number of nitrogens with zero attached hydrogens (tertiary/aromatic N) is 1. The fourth-order valence-corrected chi connectivity index (χ4v) is 2.32. The van der Waals surface area contributed by atoms with E-state index in [2.05, 4.69) is 4.90 Å². The molecule has 20 heavy (non-hydrogen) atoms. The van der Waals surface area contributed by atoms with E-state index < -0.39 is 0 Å². The van der Waals surface area contributed by atoms with Gasteiger partial charge in [0, 0.05) is 25.6 Å². The van der Waals surface area contributed by atoms with Crippen LogP contribution >= 0.6 is 0 Å². The molecule has 1 atom stereocenters. The van der Waals surface area contributed by atoms with E-state index in [4.69, 9.17) is 9.47 Å². The van der Waals surface area contributed by atoms with Crippen molar-refractivity contribution in [2.24, 2.45) is 0 Å². The molecule has 1 aliphatic heterocycles. The average Bonchev–Trinajstić information content (AvgIpc) is 2.87. The maximum Gasteiger partial charge on any atom is 0.338 e. The first-order valence-electron chi connectivity index (χ1n) is 6.79. The predicted molar refractivity (Wildman–Crippen MR) is 74.8 cm³/mol. The van der Waals surface area contributed by atoms with Gasteiger partial charge >= 0.3 is 11.9 Å². The number of rotatable bonds is 4. The molecule has 108 valence electrons. The molecular formula is C15H19NO4. The van der Waals surface area contributed by atoms with Crippen LogP contribution < -0.4 is 4.90 Å². The fourth-order valence-electron chi connectivity index (χ4n) is 2.32. The van der Waals surface area contributed by atoms with E-state index in [0.29, 0.717) is 18.7 Å². The number of ether oxygens (including phenoxy) is 2. The van der Waals surface area contributed by atoms with Crippen molar-refractivity contribution < 1.29 is 19.1 Å². The predicted octanol–water partition coefficient (Wildman–Crippen LogP) is 2.01. The van der Waals surface area contributed by atoms with Gasteiger partial charge < -0.3 is 14.4 Å². The smallest absolute Gasteiger partial charge is 0.338 e. The number of carbonyl (C=O) groups is 2. The van der Waals surface area contributed by atoms with Crippen LogP contribution in [0.15, 0.2) is 24.3 Å². The Kier molecular flexibility index (Phi) is 4.61. The van der Waals surface area contributed by atoms with Crippen LogP contribution in [-0.2, 0) is 14.3 Å². The molecule has 0 aliphatic carbocycles. The second-order valence-corrected chi connectivity index (χ2v) is 4.73. The van der Waals surface area contributed by atoms with E-state index in [1.54, 1.807) is 19.1 Å². The Hall–Kier alpha value is -2.04. The lowest BCUT2D eigenvalue weighted by Crippen LogP contribution is -2.24. The molecule has 1 aromatic rings. The minimum absolute atomic E-state index is 0.0442. The Bertz CT molecular complexity index is 483. The van der Waals surface area contributed by atoms with Crippen LogP contribution in [0.3, 0.4) is 0 Å². The van der Waals surface area contributed by atoms with E-state index >= 15 is 0 Å². The first-order valence-corrected chi connectivity index (χ1v) is 6.79. The van der Waals surface area contributed by atoms with Crippen LogP contribution in [0.4, 0.5) is 5.69 Å². The summed E-state index contributed by atoms with van der Waals surface area (Å²) < 4.78 is 10.1. The van der Waals surface area contributed by atoms with Crippen molar-refractivity contribution in [2.45, 2.75) is 26.4 Å². The summed E-state index contributed by atoms with van der Waals surface area (Å²) in [5.41, 5.74) is 1.57. The van der Waals surface area contributed by atoms with Gasteiger partial charge in [0.05, 0.1) is 18.7 Å². The first kappa shape index (κ1) is 14.4. The second kappa shape index (κ2) is 6.41. The lowest BCUT2D eigenvalue weighted by Gasteiger charge is -2.18. The highest BCUT2D eigenvalue weighted by atomic mass is 16.5. The van der Waals surface area contributed by atoms with E-state index in [0.717, 1.165) is 18.7 Å². The van der Waals surface area contributed by atoms with Crippen molar-refractivity contribution in [3.8, 4) is 0 Å². The Morgan fingerprint density at radius 1 is 1.30 bits per heavy atom. The maximum absolute atomic E-state index is 11.6. The molecular weight excluding hydrogens is 258 g/mol. The lowest BCUT2D eigenvalue weighted by atomic mass is 10.2.